The molecule has 0 aliphatic rings. The fourth-order valence-electron chi connectivity index (χ4n) is 1.88. The molecular formula is C16H14FIN2OS. The SMILES string of the molecule is Cc1cc(NC(=S)NC(=O)c2ccccc2F)c(C)cc1I. The number of halogens is 2. The minimum absolute atomic E-state index is 0.0397. The average molecular weight is 428 g/mol. The summed E-state index contributed by atoms with van der Waals surface area (Å²) < 4.78 is 14.7. The molecule has 0 aromatic heterocycles. The van der Waals surface area contributed by atoms with E-state index in [1.807, 2.05) is 26.0 Å². The number of hydrogen-bond acceptors (Lipinski definition) is 2. The monoisotopic (exact) mass is 428 g/mol. The second-order valence-electron chi connectivity index (χ2n) is 4.80. The Kier molecular flexibility index (Phi) is 5.47. The summed E-state index contributed by atoms with van der Waals surface area (Å²) in [6.07, 6.45) is 0. The van der Waals surface area contributed by atoms with E-state index in [2.05, 4.69) is 33.2 Å². The fraction of sp³-hybridized carbons (Fsp3) is 0.125. The molecule has 3 nitrogen and oxygen atoms in total. The van der Waals surface area contributed by atoms with E-state index in [1.165, 1.54) is 18.2 Å². The first-order chi connectivity index (χ1) is 10.4. The lowest BCUT2D eigenvalue weighted by Crippen LogP contribution is -2.34. The van der Waals surface area contributed by atoms with Crippen LogP contribution in [-0.4, -0.2) is 11.0 Å². The molecule has 0 unspecified atom stereocenters. The number of rotatable bonds is 2. The number of carbonyl (C=O) groups is 1. The Morgan fingerprint density at radius 1 is 1.18 bits per heavy atom. The van der Waals surface area contributed by atoms with Gasteiger partial charge in [0.15, 0.2) is 5.11 Å². The predicted octanol–water partition coefficient (Wildman–Crippen LogP) is 4.17. The van der Waals surface area contributed by atoms with Crippen molar-refractivity contribution < 1.29 is 9.18 Å². The fourth-order valence-corrected chi connectivity index (χ4v) is 2.71. The van der Waals surface area contributed by atoms with E-state index in [9.17, 15) is 9.18 Å². The standard InChI is InChI=1S/C16H14FIN2OS/c1-9-8-14(10(2)7-13(9)18)19-16(22)20-15(21)11-5-3-4-6-12(11)17/h3-8H,1-2H3,(H2,19,20,21,22). The van der Waals surface area contributed by atoms with E-state index in [0.29, 0.717) is 0 Å². The molecule has 2 N–H and O–H groups in total. The zero-order valence-corrected chi connectivity index (χ0v) is 15.0. The van der Waals surface area contributed by atoms with Gasteiger partial charge in [-0.1, -0.05) is 12.1 Å². The molecule has 0 heterocycles. The van der Waals surface area contributed by atoms with Crippen LogP contribution in [0.4, 0.5) is 10.1 Å². The molecule has 0 atom stereocenters. The third-order valence-electron chi connectivity index (χ3n) is 3.10. The highest BCUT2D eigenvalue weighted by Gasteiger charge is 2.13. The van der Waals surface area contributed by atoms with Gasteiger partial charge in [-0.05, 0) is 84.0 Å². The van der Waals surface area contributed by atoms with E-state index in [0.717, 1.165) is 20.4 Å². The summed E-state index contributed by atoms with van der Waals surface area (Å²) in [6.45, 7) is 3.94. The zero-order chi connectivity index (χ0) is 16.3. The van der Waals surface area contributed by atoms with E-state index < -0.39 is 11.7 Å². The molecule has 6 heteroatoms. The molecule has 0 fully saturated rings. The summed E-state index contributed by atoms with van der Waals surface area (Å²) in [5.41, 5.74) is 2.90. The quantitative estimate of drug-likeness (QED) is 0.557. The lowest BCUT2D eigenvalue weighted by atomic mass is 10.1. The molecule has 0 spiro atoms. The number of anilines is 1. The summed E-state index contributed by atoms with van der Waals surface area (Å²) in [7, 11) is 0. The Morgan fingerprint density at radius 2 is 1.86 bits per heavy atom. The Balaban J connectivity index is 2.09. The molecule has 2 rings (SSSR count). The Hall–Kier alpha value is -1.54. The third-order valence-corrected chi connectivity index (χ3v) is 4.47. The van der Waals surface area contributed by atoms with E-state index in [4.69, 9.17) is 12.2 Å². The molecule has 0 aliphatic heterocycles. The van der Waals surface area contributed by atoms with Crippen molar-refractivity contribution in [1.82, 2.24) is 5.32 Å². The molecule has 0 aliphatic carbocycles. The van der Waals surface area contributed by atoms with Gasteiger partial charge in [-0.3, -0.25) is 10.1 Å². The molecular weight excluding hydrogens is 414 g/mol. The zero-order valence-electron chi connectivity index (χ0n) is 12.0. The maximum absolute atomic E-state index is 13.6. The number of nitrogens with one attached hydrogen (secondary N) is 2. The van der Waals surface area contributed by atoms with Crippen molar-refractivity contribution in [1.29, 1.82) is 0 Å². The van der Waals surface area contributed by atoms with Gasteiger partial charge in [0.1, 0.15) is 5.82 Å². The molecule has 22 heavy (non-hydrogen) atoms. The number of amides is 1. The van der Waals surface area contributed by atoms with Gasteiger partial charge in [-0.25, -0.2) is 4.39 Å². The molecule has 1 amide bonds. The molecule has 0 saturated heterocycles. The number of aryl methyl sites for hydroxylation is 2. The van der Waals surface area contributed by atoms with Crippen LogP contribution >= 0.6 is 34.8 Å². The number of benzene rings is 2. The minimum Gasteiger partial charge on any atom is -0.332 e. The third kappa shape index (κ3) is 4.01. The van der Waals surface area contributed by atoms with Crippen LogP contribution in [0.5, 0.6) is 0 Å². The Bertz CT molecular complexity index is 749. The van der Waals surface area contributed by atoms with Gasteiger partial charge in [-0.15, -0.1) is 0 Å². The second kappa shape index (κ2) is 7.15. The van der Waals surface area contributed by atoms with Crippen LogP contribution in [0.2, 0.25) is 0 Å². The van der Waals surface area contributed by atoms with Crippen molar-refractivity contribution in [3.8, 4) is 0 Å². The Morgan fingerprint density at radius 3 is 2.55 bits per heavy atom. The van der Waals surface area contributed by atoms with Gasteiger partial charge < -0.3 is 5.32 Å². The lowest BCUT2D eigenvalue weighted by molar-refractivity contribution is 0.0974. The van der Waals surface area contributed by atoms with Crippen molar-refractivity contribution in [2.45, 2.75) is 13.8 Å². The van der Waals surface area contributed by atoms with Crippen molar-refractivity contribution in [3.05, 3.63) is 62.5 Å². The van der Waals surface area contributed by atoms with Gasteiger partial charge in [-0.2, -0.15) is 0 Å². The Labute approximate surface area is 147 Å². The van der Waals surface area contributed by atoms with Crippen molar-refractivity contribution >= 4 is 51.5 Å². The van der Waals surface area contributed by atoms with E-state index in [-0.39, 0.29) is 10.7 Å². The van der Waals surface area contributed by atoms with Gasteiger partial charge in [0, 0.05) is 9.26 Å². The van der Waals surface area contributed by atoms with Gasteiger partial charge >= 0.3 is 0 Å². The first-order valence-electron chi connectivity index (χ1n) is 6.52. The van der Waals surface area contributed by atoms with Crippen LogP contribution in [0.25, 0.3) is 0 Å². The molecule has 2 aromatic rings. The molecule has 0 radical (unpaired) electrons. The molecule has 2 aromatic carbocycles. The molecule has 0 saturated carbocycles. The van der Waals surface area contributed by atoms with Crippen molar-refractivity contribution in [3.63, 3.8) is 0 Å². The van der Waals surface area contributed by atoms with Crippen molar-refractivity contribution in [2.75, 3.05) is 5.32 Å². The lowest BCUT2D eigenvalue weighted by Gasteiger charge is -2.13. The topological polar surface area (TPSA) is 41.1 Å². The van der Waals surface area contributed by atoms with E-state index in [1.54, 1.807) is 6.07 Å². The summed E-state index contributed by atoms with van der Waals surface area (Å²) in [5, 5.41) is 5.59. The highest BCUT2D eigenvalue weighted by atomic mass is 127. The average Bonchev–Trinajstić information content (AvgIpc) is 2.45. The maximum atomic E-state index is 13.6. The molecule has 0 bridgehead atoms. The number of carbonyl (C=O) groups excluding carboxylic acids is 1. The predicted molar refractivity (Wildman–Crippen MR) is 98.7 cm³/mol. The minimum atomic E-state index is -0.580. The second-order valence-corrected chi connectivity index (χ2v) is 6.37. The van der Waals surface area contributed by atoms with Gasteiger partial charge in [0.05, 0.1) is 5.56 Å². The van der Waals surface area contributed by atoms with Crippen LogP contribution < -0.4 is 10.6 Å². The van der Waals surface area contributed by atoms with E-state index >= 15 is 0 Å². The van der Waals surface area contributed by atoms with Crippen LogP contribution in [0, 0.1) is 23.2 Å². The maximum Gasteiger partial charge on any atom is 0.260 e. The summed E-state index contributed by atoms with van der Waals surface area (Å²) in [5.74, 6) is -1.15. The number of thiocarbonyl (C=S) groups is 1. The normalized spacial score (nSPS) is 10.2. The van der Waals surface area contributed by atoms with Gasteiger partial charge in [0.2, 0.25) is 0 Å². The number of hydrogen-bond donors (Lipinski definition) is 2. The van der Waals surface area contributed by atoms with Gasteiger partial charge in [0.25, 0.3) is 5.91 Å². The highest BCUT2D eigenvalue weighted by molar-refractivity contribution is 14.1. The van der Waals surface area contributed by atoms with Crippen LogP contribution in [0.1, 0.15) is 21.5 Å². The van der Waals surface area contributed by atoms with Crippen LogP contribution in [-0.2, 0) is 0 Å². The smallest absolute Gasteiger partial charge is 0.260 e. The first kappa shape index (κ1) is 16.8. The molecule has 114 valence electrons. The summed E-state index contributed by atoms with van der Waals surface area (Å²) >= 11 is 7.38. The van der Waals surface area contributed by atoms with Crippen molar-refractivity contribution in [2.24, 2.45) is 0 Å². The first-order valence-corrected chi connectivity index (χ1v) is 8.01. The summed E-state index contributed by atoms with van der Waals surface area (Å²) in [4.78, 5) is 12.0. The highest BCUT2D eigenvalue weighted by Crippen LogP contribution is 2.21. The van der Waals surface area contributed by atoms with Crippen LogP contribution in [0.3, 0.4) is 0 Å². The van der Waals surface area contributed by atoms with Crippen LogP contribution in [0.15, 0.2) is 36.4 Å². The summed E-state index contributed by atoms with van der Waals surface area (Å²) in [6, 6.07) is 9.76. The largest absolute Gasteiger partial charge is 0.332 e.